The third-order valence-corrected chi connectivity index (χ3v) is 4.15. The average molecular weight is 378 g/mol. The minimum Gasteiger partial charge on any atom is -0.337 e. The Morgan fingerprint density at radius 2 is 1.81 bits per heavy atom. The van der Waals surface area contributed by atoms with Gasteiger partial charge >= 0.3 is 6.18 Å². The van der Waals surface area contributed by atoms with E-state index in [1.165, 1.54) is 42.3 Å². The molecule has 0 bridgehead atoms. The highest BCUT2D eigenvalue weighted by Gasteiger charge is 2.35. The highest BCUT2D eigenvalue weighted by molar-refractivity contribution is 6.29. The number of carbonyl (C=O) groups excluding carboxylic acids is 2. The first-order valence-electron chi connectivity index (χ1n) is 7.90. The zero-order valence-corrected chi connectivity index (χ0v) is 14.1. The molecule has 2 aromatic rings. The summed E-state index contributed by atoms with van der Waals surface area (Å²) in [5, 5.41) is 2.31. The third-order valence-electron chi connectivity index (χ3n) is 4.15. The van der Waals surface area contributed by atoms with E-state index in [4.69, 9.17) is 0 Å². The van der Waals surface area contributed by atoms with Crippen molar-refractivity contribution in [2.75, 3.05) is 18.9 Å². The number of para-hydroxylation sites is 1. The highest BCUT2D eigenvalue weighted by atomic mass is 19.4. The van der Waals surface area contributed by atoms with Gasteiger partial charge in [0.2, 0.25) is 0 Å². The maximum absolute atomic E-state index is 13.8. The molecular formula is C19H14F4N2O2. The van der Waals surface area contributed by atoms with Crippen LogP contribution in [0.2, 0.25) is 0 Å². The zero-order chi connectivity index (χ0) is 19.8. The number of hydrogen-bond acceptors (Lipinski definition) is 2. The standard InChI is InChI=1S/C19H14F4N2O2/c1-25-10-13(11-5-4-6-12(9-11)19(21,22)23)16(18(25)27)17(26)24-15-8-3-2-7-14(15)20/h2-9H,10H2,1H3,(H,24,26). The van der Waals surface area contributed by atoms with Crippen LogP contribution in [-0.4, -0.2) is 30.3 Å². The molecule has 0 fully saturated rings. The maximum atomic E-state index is 13.8. The van der Waals surface area contributed by atoms with E-state index in [0.717, 1.165) is 18.2 Å². The minimum atomic E-state index is -4.55. The molecule has 1 aliphatic rings. The van der Waals surface area contributed by atoms with Gasteiger partial charge in [-0.2, -0.15) is 13.2 Å². The van der Waals surface area contributed by atoms with E-state index in [1.807, 2.05) is 0 Å². The Hall–Kier alpha value is -3.16. The van der Waals surface area contributed by atoms with Crippen molar-refractivity contribution >= 4 is 23.1 Å². The number of carbonyl (C=O) groups is 2. The lowest BCUT2D eigenvalue weighted by atomic mass is 9.99. The second kappa shape index (κ2) is 6.86. The Balaban J connectivity index is 2.03. The molecule has 0 atom stereocenters. The molecule has 1 heterocycles. The fraction of sp³-hybridized carbons (Fsp3) is 0.158. The van der Waals surface area contributed by atoms with Crippen molar-refractivity contribution in [1.82, 2.24) is 4.90 Å². The molecule has 27 heavy (non-hydrogen) atoms. The van der Waals surface area contributed by atoms with Crippen molar-refractivity contribution in [3.8, 4) is 0 Å². The molecule has 0 saturated carbocycles. The van der Waals surface area contributed by atoms with Crippen LogP contribution in [0.25, 0.3) is 5.57 Å². The number of hydrogen-bond donors (Lipinski definition) is 1. The number of nitrogens with one attached hydrogen (secondary N) is 1. The van der Waals surface area contributed by atoms with E-state index < -0.39 is 29.4 Å². The first kappa shape index (κ1) is 18.6. The van der Waals surface area contributed by atoms with Crippen LogP contribution in [0.1, 0.15) is 11.1 Å². The van der Waals surface area contributed by atoms with Crippen LogP contribution in [0, 0.1) is 5.82 Å². The Bertz CT molecular complexity index is 951. The van der Waals surface area contributed by atoms with E-state index in [1.54, 1.807) is 0 Å². The van der Waals surface area contributed by atoms with Crippen LogP contribution in [0.3, 0.4) is 0 Å². The van der Waals surface area contributed by atoms with E-state index in [0.29, 0.717) is 0 Å². The van der Waals surface area contributed by atoms with Crippen LogP contribution in [0.15, 0.2) is 54.1 Å². The van der Waals surface area contributed by atoms with E-state index in [-0.39, 0.29) is 28.9 Å². The van der Waals surface area contributed by atoms with Gasteiger partial charge in [-0.15, -0.1) is 0 Å². The summed E-state index contributed by atoms with van der Waals surface area (Å²) >= 11 is 0. The lowest BCUT2D eigenvalue weighted by Gasteiger charge is -2.11. The van der Waals surface area contributed by atoms with Gasteiger partial charge in [0, 0.05) is 13.6 Å². The Morgan fingerprint density at radius 1 is 1.11 bits per heavy atom. The van der Waals surface area contributed by atoms with E-state index in [2.05, 4.69) is 5.32 Å². The van der Waals surface area contributed by atoms with Gasteiger partial charge in [0.1, 0.15) is 11.4 Å². The van der Waals surface area contributed by atoms with Crippen molar-refractivity contribution in [1.29, 1.82) is 0 Å². The van der Waals surface area contributed by atoms with E-state index >= 15 is 0 Å². The van der Waals surface area contributed by atoms with Gasteiger partial charge in [-0.1, -0.05) is 24.3 Å². The lowest BCUT2D eigenvalue weighted by molar-refractivity contribution is -0.137. The molecule has 1 N–H and O–H groups in total. The largest absolute Gasteiger partial charge is 0.416 e. The second-order valence-electron chi connectivity index (χ2n) is 6.03. The number of amides is 2. The topological polar surface area (TPSA) is 49.4 Å². The van der Waals surface area contributed by atoms with Gasteiger partial charge in [-0.25, -0.2) is 4.39 Å². The monoisotopic (exact) mass is 378 g/mol. The smallest absolute Gasteiger partial charge is 0.337 e. The quantitative estimate of drug-likeness (QED) is 0.654. The minimum absolute atomic E-state index is 0.0276. The summed E-state index contributed by atoms with van der Waals surface area (Å²) in [6, 6.07) is 9.80. The van der Waals surface area contributed by atoms with Crippen LogP contribution >= 0.6 is 0 Å². The van der Waals surface area contributed by atoms with Crippen LogP contribution < -0.4 is 5.32 Å². The SMILES string of the molecule is CN1CC(c2cccc(C(F)(F)F)c2)=C(C(=O)Nc2ccccc2F)C1=O. The molecule has 3 rings (SSSR count). The molecule has 0 radical (unpaired) electrons. The number of alkyl halides is 3. The summed E-state index contributed by atoms with van der Waals surface area (Å²) in [6.45, 7) is -0.0276. The van der Waals surface area contributed by atoms with Gasteiger partial charge in [0.05, 0.1) is 11.3 Å². The summed E-state index contributed by atoms with van der Waals surface area (Å²) in [6.07, 6.45) is -4.55. The summed E-state index contributed by atoms with van der Waals surface area (Å²) in [5.41, 5.74) is -1.05. The molecule has 0 unspecified atom stereocenters. The summed E-state index contributed by atoms with van der Waals surface area (Å²) in [5.74, 6) is -2.20. The second-order valence-corrected chi connectivity index (χ2v) is 6.03. The van der Waals surface area contributed by atoms with Crippen molar-refractivity contribution < 1.29 is 27.2 Å². The number of benzene rings is 2. The van der Waals surface area contributed by atoms with Gasteiger partial charge in [-0.05, 0) is 35.4 Å². The molecule has 0 aliphatic carbocycles. The number of nitrogens with zero attached hydrogens (tertiary/aromatic N) is 1. The average Bonchev–Trinajstić information content (AvgIpc) is 2.91. The van der Waals surface area contributed by atoms with Crippen molar-refractivity contribution in [3.63, 3.8) is 0 Å². The molecule has 140 valence electrons. The number of rotatable bonds is 3. The molecular weight excluding hydrogens is 364 g/mol. The van der Waals surface area contributed by atoms with Crippen molar-refractivity contribution in [3.05, 3.63) is 71.0 Å². The van der Waals surface area contributed by atoms with Gasteiger partial charge in [0.25, 0.3) is 11.8 Å². The third kappa shape index (κ3) is 3.69. The fourth-order valence-electron chi connectivity index (χ4n) is 2.81. The molecule has 0 aromatic heterocycles. The van der Waals surface area contributed by atoms with E-state index in [9.17, 15) is 27.2 Å². The first-order valence-corrected chi connectivity index (χ1v) is 7.90. The lowest BCUT2D eigenvalue weighted by Crippen LogP contribution is -2.27. The highest BCUT2D eigenvalue weighted by Crippen LogP contribution is 2.34. The number of anilines is 1. The van der Waals surface area contributed by atoms with Crippen LogP contribution in [-0.2, 0) is 15.8 Å². The van der Waals surface area contributed by atoms with Crippen LogP contribution in [0.4, 0.5) is 23.2 Å². The summed E-state index contributed by atoms with van der Waals surface area (Å²) in [4.78, 5) is 26.2. The molecule has 2 aromatic carbocycles. The first-order chi connectivity index (χ1) is 12.7. The Morgan fingerprint density at radius 3 is 2.48 bits per heavy atom. The predicted octanol–water partition coefficient (Wildman–Crippen LogP) is 3.71. The molecule has 4 nitrogen and oxygen atoms in total. The van der Waals surface area contributed by atoms with Gasteiger partial charge in [0.15, 0.2) is 0 Å². The Labute approximate surface area is 152 Å². The van der Waals surface area contributed by atoms with Crippen LogP contribution in [0.5, 0.6) is 0 Å². The Kier molecular flexibility index (Phi) is 4.73. The summed E-state index contributed by atoms with van der Waals surface area (Å²) in [7, 11) is 1.43. The van der Waals surface area contributed by atoms with Gasteiger partial charge in [-0.3, -0.25) is 9.59 Å². The molecule has 1 aliphatic heterocycles. The van der Waals surface area contributed by atoms with Crippen molar-refractivity contribution in [2.24, 2.45) is 0 Å². The zero-order valence-electron chi connectivity index (χ0n) is 14.1. The molecule has 2 amide bonds. The fourth-order valence-corrected chi connectivity index (χ4v) is 2.81. The van der Waals surface area contributed by atoms with Crippen molar-refractivity contribution in [2.45, 2.75) is 6.18 Å². The normalized spacial score (nSPS) is 14.7. The molecule has 0 saturated heterocycles. The maximum Gasteiger partial charge on any atom is 0.416 e. The molecule has 8 heteroatoms. The number of likely N-dealkylation sites (N-methyl/N-ethyl adjacent to an activating group) is 1. The predicted molar refractivity (Wildman–Crippen MR) is 91.0 cm³/mol. The summed E-state index contributed by atoms with van der Waals surface area (Å²) < 4.78 is 52.7. The van der Waals surface area contributed by atoms with Gasteiger partial charge < -0.3 is 10.2 Å². The molecule has 0 spiro atoms. The number of halogens is 4.